The van der Waals surface area contributed by atoms with Crippen molar-refractivity contribution in [3.05, 3.63) is 48.0 Å². The quantitative estimate of drug-likeness (QED) is 0.252. The molecule has 1 aliphatic rings. The number of imidazole rings is 1. The number of rotatable bonds is 7. The van der Waals surface area contributed by atoms with Crippen LogP contribution in [0.5, 0.6) is 11.5 Å². The lowest BCUT2D eigenvalue weighted by atomic mass is 9.89. The number of amides is 1. The minimum Gasteiger partial charge on any atom is -0.504 e. The number of esters is 1. The maximum Gasteiger partial charge on any atom is 0.321 e. The SMILES string of the molecule is CCCCCN1C(=O)[C@@H](C(=O)OCC)[C@@H](c2ccc(O)c(O)c2)n2c1nc1ccccc12. The number of benzene rings is 2. The number of aromatic nitrogens is 2. The minimum atomic E-state index is -1.15. The lowest BCUT2D eigenvalue weighted by molar-refractivity contribution is -0.153. The summed E-state index contributed by atoms with van der Waals surface area (Å²) in [4.78, 5) is 33.0. The summed E-state index contributed by atoms with van der Waals surface area (Å²) in [6.45, 7) is 4.37. The van der Waals surface area contributed by atoms with E-state index >= 15 is 0 Å². The van der Waals surface area contributed by atoms with E-state index < -0.39 is 17.9 Å². The van der Waals surface area contributed by atoms with Crippen molar-refractivity contribution in [2.24, 2.45) is 5.92 Å². The molecular formula is C24H27N3O5. The summed E-state index contributed by atoms with van der Waals surface area (Å²) < 4.78 is 7.17. The fourth-order valence-electron chi connectivity index (χ4n) is 4.30. The van der Waals surface area contributed by atoms with Crippen molar-refractivity contribution < 1.29 is 24.5 Å². The lowest BCUT2D eigenvalue weighted by Gasteiger charge is -2.38. The number of para-hydroxylation sites is 2. The predicted octanol–water partition coefficient (Wildman–Crippen LogP) is 3.75. The van der Waals surface area contributed by atoms with E-state index in [4.69, 9.17) is 9.72 Å². The Bertz CT molecular complexity index is 1160. The molecule has 1 amide bonds. The van der Waals surface area contributed by atoms with Gasteiger partial charge in [0.15, 0.2) is 17.4 Å². The third-order valence-electron chi connectivity index (χ3n) is 5.81. The van der Waals surface area contributed by atoms with E-state index in [0.717, 1.165) is 24.8 Å². The number of fused-ring (bicyclic) bond motifs is 3. The molecule has 0 radical (unpaired) electrons. The Kier molecular flexibility index (Phi) is 6.03. The van der Waals surface area contributed by atoms with Crippen molar-refractivity contribution in [2.75, 3.05) is 18.1 Å². The van der Waals surface area contributed by atoms with Gasteiger partial charge in [0.25, 0.3) is 0 Å². The molecule has 3 aromatic rings. The Morgan fingerprint density at radius 3 is 2.59 bits per heavy atom. The van der Waals surface area contributed by atoms with Crippen LogP contribution < -0.4 is 4.90 Å². The van der Waals surface area contributed by atoms with Crippen molar-refractivity contribution in [1.29, 1.82) is 0 Å². The monoisotopic (exact) mass is 437 g/mol. The normalized spacial score (nSPS) is 18.1. The second-order valence-electron chi connectivity index (χ2n) is 7.89. The van der Waals surface area contributed by atoms with Crippen molar-refractivity contribution in [3.63, 3.8) is 0 Å². The standard InChI is InChI=1S/C24H27N3O5/c1-3-5-8-13-26-22(30)20(23(31)32-4-2)21(15-11-12-18(28)19(29)14-15)27-17-10-7-6-9-16(17)25-24(26)27/h6-7,9-12,14,20-21,28-29H,3-5,8,13H2,1-2H3/t20-,21+/m0/s1. The zero-order valence-corrected chi connectivity index (χ0v) is 18.2. The Morgan fingerprint density at radius 1 is 1.09 bits per heavy atom. The van der Waals surface area contributed by atoms with Crippen LogP contribution in [0.15, 0.2) is 42.5 Å². The lowest BCUT2D eigenvalue weighted by Crippen LogP contribution is -2.50. The average molecular weight is 437 g/mol. The molecule has 0 saturated carbocycles. The van der Waals surface area contributed by atoms with Crippen LogP contribution in [0.4, 0.5) is 5.95 Å². The predicted molar refractivity (Wildman–Crippen MR) is 120 cm³/mol. The topological polar surface area (TPSA) is 105 Å². The van der Waals surface area contributed by atoms with E-state index in [2.05, 4.69) is 6.92 Å². The van der Waals surface area contributed by atoms with Crippen LogP contribution in [-0.2, 0) is 14.3 Å². The maximum atomic E-state index is 13.7. The van der Waals surface area contributed by atoms with E-state index in [1.165, 1.54) is 12.1 Å². The van der Waals surface area contributed by atoms with Gasteiger partial charge in [-0.2, -0.15) is 0 Å². The van der Waals surface area contributed by atoms with Gasteiger partial charge >= 0.3 is 5.97 Å². The highest BCUT2D eigenvalue weighted by Crippen LogP contribution is 2.42. The summed E-state index contributed by atoms with van der Waals surface area (Å²) in [7, 11) is 0. The van der Waals surface area contributed by atoms with Gasteiger partial charge < -0.3 is 19.5 Å². The average Bonchev–Trinajstić information content (AvgIpc) is 3.16. The number of anilines is 1. The van der Waals surface area contributed by atoms with Gasteiger partial charge in [0.1, 0.15) is 0 Å². The molecule has 1 aliphatic heterocycles. The van der Waals surface area contributed by atoms with Crippen molar-refractivity contribution in [3.8, 4) is 11.5 Å². The van der Waals surface area contributed by atoms with Crippen LogP contribution in [-0.4, -0.2) is 44.8 Å². The van der Waals surface area contributed by atoms with E-state index in [9.17, 15) is 19.8 Å². The van der Waals surface area contributed by atoms with E-state index in [1.54, 1.807) is 17.9 Å². The largest absolute Gasteiger partial charge is 0.504 e. The van der Waals surface area contributed by atoms with Crippen LogP contribution in [0, 0.1) is 5.92 Å². The first-order valence-corrected chi connectivity index (χ1v) is 10.9. The molecule has 32 heavy (non-hydrogen) atoms. The zero-order chi connectivity index (χ0) is 22.8. The van der Waals surface area contributed by atoms with Crippen LogP contribution in [0.2, 0.25) is 0 Å². The van der Waals surface area contributed by atoms with Gasteiger partial charge in [0, 0.05) is 6.54 Å². The molecule has 2 aromatic carbocycles. The Balaban J connectivity index is 1.95. The first-order chi connectivity index (χ1) is 15.5. The molecule has 8 heteroatoms. The number of phenolic OH excluding ortho intramolecular Hbond substituents is 2. The number of carbonyl (C=O) groups is 2. The number of carbonyl (C=O) groups excluding carboxylic acids is 2. The Hall–Kier alpha value is -3.55. The summed E-state index contributed by atoms with van der Waals surface area (Å²) in [5.41, 5.74) is 1.97. The van der Waals surface area contributed by atoms with Gasteiger partial charge in [-0.1, -0.05) is 38.0 Å². The molecule has 1 aromatic heterocycles. The highest BCUT2D eigenvalue weighted by atomic mass is 16.5. The van der Waals surface area contributed by atoms with Gasteiger partial charge in [-0.25, -0.2) is 4.98 Å². The molecule has 0 fully saturated rings. The molecule has 0 bridgehead atoms. The zero-order valence-electron chi connectivity index (χ0n) is 18.2. The van der Waals surface area contributed by atoms with Gasteiger partial charge in [-0.15, -0.1) is 0 Å². The maximum absolute atomic E-state index is 13.7. The molecule has 0 saturated heterocycles. The van der Waals surface area contributed by atoms with Gasteiger partial charge in [-0.05, 0) is 43.2 Å². The summed E-state index contributed by atoms with van der Waals surface area (Å²) >= 11 is 0. The molecule has 2 N–H and O–H groups in total. The molecule has 4 rings (SSSR count). The minimum absolute atomic E-state index is 0.142. The number of phenols is 2. The summed E-state index contributed by atoms with van der Waals surface area (Å²) in [6, 6.07) is 11.0. The second-order valence-corrected chi connectivity index (χ2v) is 7.89. The van der Waals surface area contributed by atoms with E-state index in [0.29, 0.717) is 23.6 Å². The molecule has 2 atom stereocenters. The number of hydrogen-bond acceptors (Lipinski definition) is 6. The van der Waals surface area contributed by atoms with E-state index in [-0.39, 0.29) is 24.0 Å². The fourth-order valence-corrected chi connectivity index (χ4v) is 4.30. The number of aromatic hydroxyl groups is 2. The first-order valence-electron chi connectivity index (χ1n) is 10.9. The van der Waals surface area contributed by atoms with Gasteiger partial charge in [0.05, 0.1) is 23.7 Å². The van der Waals surface area contributed by atoms with Gasteiger partial charge in [0.2, 0.25) is 11.9 Å². The number of nitrogens with zero attached hydrogens (tertiary/aromatic N) is 3. The Morgan fingerprint density at radius 2 is 1.88 bits per heavy atom. The molecule has 0 spiro atoms. The third kappa shape index (κ3) is 3.66. The molecule has 2 heterocycles. The number of ether oxygens (including phenoxy) is 1. The van der Waals surface area contributed by atoms with Crippen molar-refractivity contribution >= 4 is 28.9 Å². The third-order valence-corrected chi connectivity index (χ3v) is 5.81. The van der Waals surface area contributed by atoms with Crippen LogP contribution in [0.1, 0.15) is 44.7 Å². The molecule has 0 aliphatic carbocycles. The fraction of sp³-hybridized carbons (Fsp3) is 0.375. The summed E-state index contributed by atoms with van der Waals surface area (Å²) in [6.07, 6.45) is 2.73. The van der Waals surface area contributed by atoms with Crippen LogP contribution in [0.3, 0.4) is 0 Å². The van der Waals surface area contributed by atoms with Gasteiger partial charge in [-0.3, -0.25) is 14.5 Å². The van der Waals surface area contributed by atoms with Crippen LogP contribution >= 0.6 is 0 Å². The number of unbranched alkanes of at least 4 members (excludes halogenated alkanes) is 2. The van der Waals surface area contributed by atoms with E-state index in [1.807, 2.05) is 28.8 Å². The smallest absolute Gasteiger partial charge is 0.321 e. The molecule has 8 nitrogen and oxygen atoms in total. The molecular weight excluding hydrogens is 410 g/mol. The second kappa shape index (κ2) is 8.90. The van der Waals surface area contributed by atoms with Crippen molar-refractivity contribution in [2.45, 2.75) is 39.2 Å². The molecule has 168 valence electrons. The highest BCUT2D eigenvalue weighted by molar-refractivity contribution is 6.08. The highest BCUT2D eigenvalue weighted by Gasteiger charge is 2.47. The summed E-state index contributed by atoms with van der Waals surface area (Å²) in [5, 5.41) is 20.0. The Labute approximate surface area is 186 Å². The summed E-state index contributed by atoms with van der Waals surface area (Å²) in [5.74, 6) is -2.29. The molecule has 0 unspecified atom stereocenters. The van der Waals surface area contributed by atoms with Crippen LogP contribution in [0.25, 0.3) is 11.0 Å². The first kappa shape index (κ1) is 21.7. The van der Waals surface area contributed by atoms with Crippen molar-refractivity contribution in [1.82, 2.24) is 9.55 Å². The number of hydrogen-bond donors (Lipinski definition) is 2.